The topological polar surface area (TPSA) is 91.9 Å². The van der Waals surface area contributed by atoms with Gasteiger partial charge in [-0.25, -0.2) is 0 Å². The van der Waals surface area contributed by atoms with Crippen LogP contribution in [0.15, 0.2) is 122 Å². The molecule has 7 nitrogen and oxygen atoms in total. The standard InChI is InChI=1S/C40H43N3O4.C2H6/c1-5-11-31(6-2)36-26-33(19-21-38(36)46-4)43-32-17-15-29(16-18-32)23-24-42-27-37(45)34-20-22-39(40(41-3)35(34)14-10-25-44)47-28-30-12-8-7-9-13-30;1-2/h5-22,25-26,37,41-43,45H,1-2,23-24,27-28H2,3-4H3;1-2H3/b14-10-,31-11+;. The molecule has 0 spiro atoms. The first-order valence-corrected chi connectivity index (χ1v) is 16.5. The molecule has 1 unspecified atom stereocenters. The SMILES string of the molecule is C=C/C=C(\C=C)c1cc(Nc2ccc(CCNCC(O)c3ccc(OCc4ccccc4)c(NC)c3/C=C\C=O)cc2)ccc1OC.CC. The first-order valence-electron chi connectivity index (χ1n) is 16.5. The molecule has 4 N–H and O–H groups in total. The van der Waals surface area contributed by atoms with Gasteiger partial charge in [-0.05, 0) is 83.8 Å². The lowest BCUT2D eigenvalue weighted by Gasteiger charge is -2.20. The molecule has 0 aliphatic heterocycles. The Bertz CT molecular complexity index is 1700. The van der Waals surface area contributed by atoms with Crippen molar-refractivity contribution < 1.29 is 19.4 Å². The van der Waals surface area contributed by atoms with Crippen molar-refractivity contribution in [2.24, 2.45) is 0 Å². The van der Waals surface area contributed by atoms with Crippen LogP contribution in [0.4, 0.5) is 17.1 Å². The minimum absolute atomic E-state index is 0.349. The van der Waals surface area contributed by atoms with Crippen LogP contribution in [0.25, 0.3) is 11.6 Å². The molecule has 7 heteroatoms. The highest BCUT2D eigenvalue weighted by atomic mass is 16.5. The van der Waals surface area contributed by atoms with Crippen LogP contribution in [-0.4, -0.2) is 38.6 Å². The summed E-state index contributed by atoms with van der Waals surface area (Å²) in [6, 6.07) is 27.8. The van der Waals surface area contributed by atoms with Crippen LogP contribution in [0, 0.1) is 0 Å². The largest absolute Gasteiger partial charge is 0.496 e. The second-order valence-electron chi connectivity index (χ2n) is 10.7. The van der Waals surface area contributed by atoms with Crippen LogP contribution in [0.3, 0.4) is 0 Å². The van der Waals surface area contributed by atoms with Crippen LogP contribution >= 0.6 is 0 Å². The highest BCUT2D eigenvalue weighted by molar-refractivity contribution is 5.82. The third-order valence-electron chi connectivity index (χ3n) is 7.63. The zero-order chi connectivity index (χ0) is 35.4. The number of benzene rings is 4. The molecule has 4 aromatic rings. The molecule has 0 amide bonds. The molecule has 0 saturated heterocycles. The zero-order valence-electron chi connectivity index (χ0n) is 29.0. The lowest BCUT2D eigenvalue weighted by molar-refractivity contribution is -0.104. The fraction of sp³-hybridized carbons (Fsp3) is 0.214. The van der Waals surface area contributed by atoms with E-state index < -0.39 is 6.10 Å². The van der Waals surface area contributed by atoms with E-state index in [-0.39, 0.29) is 0 Å². The van der Waals surface area contributed by atoms with Gasteiger partial charge in [0.1, 0.15) is 24.4 Å². The highest BCUT2D eigenvalue weighted by Gasteiger charge is 2.18. The molecule has 0 bridgehead atoms. The van der Waals surface area contributed by atoms with Crippen molar-refractivity contribution in [2.75, 3.05) is 37.9 Å². The summed E-state index contributed by atoms with van der Waals surface area (Å²) in [5, 5.41) is 21.2. The Morgan fingerprint density at radius 2 is 1.63 bits per heavy atom. The number of carbonyl (C=O) groups is 1. The predicted molar refractivity (Wildman–Crippen MR) is 206 cm³/mol. The number of aldehydes is 1. The maximum Gasteiger partial charge on any atom is 0.143 e. The molecular formula is C42H49N3O4. The maximum absolute atomic E-state index is 11.2. The van der Waals surface area contributed by atoms with E-state index in [1.54, 1.807) is 32.4 Å². The average molecular weight is 660 g/mol. The highest BCUT2D eigenvalue weighted by Crippen LogP contribution is 2.35. The van der Waals surface area contributed by atoms with Crippen LogP contribution in [0.2, 0.25) is 0 Å². The number of anilines is 3. The molecule has 0 heterocycles. The maximum atomic E-state index is 11.2. The Balaban J connectivity index is 0.00000319. The van der Waals surface area contributed by atoms with E-state index in [0.717, 1.165) is 46.5 Å². The number of rotatable bonds is 18. The van der Waals surface area contributed by atoms with Crippen LogP contribution in [0.5, 0.6) is 11.5 Å². The lowest BCUT2D eigenvalue weighted by Crippen LogP contribution is -2.24. The summed E-state index contributed by atoms with van der Waals surface area (Å²) in [6.45, 7) is 13.1. The van der Waals surface area contributed by atoms with E-state index in [1.165, 1.54) is 11.6 Å². The molecule has 0 saturated carbocycles. The monoisotopic (exact) mass is 659 g/mol. The van der Waals surface area contributed by atoms with Crippen molar-refractivity contribution in [3.63, 3.8) is 0 Å². The van der Waals surface area contributed by atoms with Crippen molar-refractivity contribution in [3.05, 3.63) is 150 Å². The number of aliphatic hydroxyl groups excluding tert-OH is 1. The zero-order valence-corrected chi connectivity index (χ0v) is 29.0. The molecule has 4 aromatic carbocycles. The fourth-order valence-corrected chi connectivity index (χ4v) is 5.24. The summed E-state index contributed by atoms with van der Waals surface area (Å²) in [6.07, 6.45) is 9.26. The minimum Gasteiger partial charge on any atom is -0.496 e. The van der Waals surface area contributed by atoms with E-state index in [0.29, 0.717) is 42.3 Å². The third kappa shape index (κ3) is 11.1. The van der Waals surface area contributed by atoms with Crippen molar-refractivity contribution in [3.8, 4) is 11.5 Å². The number of aliphatic hydroxyl groups is 1. The molecule has 0 fully saturated rings. The lowest BCUT2D eigenvalue weighted by atomic mass is 9.98. The second-order valence-corrected chi connectivity index (χ2v) is 10.7. The van der Waals surface area contributed by atoms with Gasteiger partial charge in [-0.1, -0.05) is 93.8 Å². The van der Waals surface area contributed by atoms with Gasteiger partial charge in [0.2, 0.25) is 0 Å². The number of hydrogen-bond donors (Lipinski definition) is 4. The van der Waals surface area contributed by atoms with Gasteiger partial charge in [0.25, 0.3) is 0 Å². The van der Waals surface area contributed by atoms with E-state index in [2.05, 4.69) is 53.4 Å². The summed E-state index contributed by atoms with van der Waals surface area (Å²) in [5.74, 6) is 1.40. The third-order valence-corrected chi connectivity index (χ3v) is 7.63. The number of allylic oxidation sites excluding steroid dienone is 5. The van der Waals surface area contributed by atoms with Crippen LogP contribution < -0.4 is 25.4 Å². The predicted octanol–water partition coefficient (Wildman–Crippen LogP) is 8.92. The first-order chi connectivity index (χ1) is 24.0. The Morgan fingerprint density at radius 1 is 0.918 bits per heavy atom. The van der Waals surface area contributed by atoms with Gasteiger partial charge in [0, 0.05) is 36.1 Å². The summed E-state index contributed by atoms with van der Waals surface area (Å²) in [4.78, 5) is 11.2. The normalized spacial score (nSPS) is 11.6. The van der Waals surface area contributed by atoms with Crippen molar-refractivity contribution in [1.82, 2.24) is 5.32 Å². The van der Waals surface area contributed by atoms with Gasteiger partial charge in [-0.2, -0.15) is 0 Å². The van der Waals surface area contributed by atoms with Crippen molar-refractivity contribution >= 4 is 35.0 Å². The number of methoxy groups -OCH3 is 1. The Kier molecular flexibility index (Phi) is 16.1. The molecule has 0 aromatic heterocycles. The van der Waals surface area contributed by atoms with E-state index in [9.17, 15) is 9.90 Å². The van der Waals surface area contributed by atoms with E-state index >= 15 is 0 Å². The van der Waals surface area contributed by atoms with Crippen LogP contribution in [-0.2, 0) is 17.8 Å². The second kappa shape index (κ2) is 20.8. The van der Waals surface area contributed by atoms with Gasteiger partial charge >= 0.3 is 0 Å². The van der Waals surface area contributed by atoms with Crippen molar-refractivity contribution in [1.29, 1.82) is 0 Å². The Morgan fingerprint density at radius 3 is 2.29 bits per heavy atom. The summed E-state index contributed by atoms with van der Waals surface area (Å²) < 4.78 is 11.6. The molecule has 0 aliphatic rings. The molecular weight excluding hydrogens is 610 g/mol. The summed E-state index contributed by atoms with van der Waals surface area (Å²) in [7, 11) is 3.45. The molecule has 4 rings (SSSR count). The number of carbonyl (C=O) groups excluding carboxylic acids is 1. The fourth-order valence-electron chi connectivity index (χ4n) is 5.24. The molecule has 256 valence electrons. The Hall–Kier alpha value is -5.37. The number of nitrogens with one attached hydrogen (secondary N) is 3. The minimum atomic E-state index is -0.791. The van der Waals surface area contributed by atoms with Gasteiger partial charge < -0.3 is 30.5 Å². The first kappa shape index (κ1) is 38.1. The molecule has 49 heavy (non-hydrogen) atoms. The smallest absolute Gasteiger partial charge is 0.143 e. The van der Waals surface area contributed by atoms with Gasteiger partial charge in [0.15, 0.2) is 0 Å². The van der Waals surface area contributed by atoms with Crippen LogP contribution in [0.1, 0.15) is 47.8 Å². The van der Waals surface area contributed by atoms with Gasteiger partial charge in [-0.15, -0.1) is 0 Å². The van der Waals surface area contributed by atoms with E-state index in [4.69, 9.17) is 9.47 Å². The van der Waals surface area contributed by atoms with Gasteiger partial charge in [-0.3, -0.25) is 4.79 Å². The quantitative estimate of drug-likeness (QED) is 0.0367. The molecule has 0 aliphatic carbocycles. The molecule has 0 radical (unpaired) electrons. The Labute approximate surface area is 291 Å². The number of ether oxygens (including phenoxy) is 2. The molecule has 1 atom stereocenters. The van der Waals surface area contributed by atoms with Gasteiger partial charge in [0.05, 0.1) is 18.9 Å². The average Bonchev–Trinajstić information content (AvgIpc) is 3.15. The van der Waals surface area contributed by atoms with E-state index in [1.807, 2.05) is 80.6 Å². The summed E-state index contributed by atoms with van der Waals surface area (Å²) >= 11 is 0. The number of hydrogen-bond acceptors (Lipinski definition) is 7. The summed E-state index contributed by atoms with van der Waals surface area (Å²) in [5.41, 5.74) is 8.09. The van der Waals surface area contributed by atoms with Crippen molar-refractivity contribution in [2.45, 2.75) is 33.0 Å².